The summed E-state index contributed by atoms with van der Waals surface area (Å²) in [4.78, 5) is 24.0. The maximum absolute atomic E-state index is 8.00. The summed E-state index contributed by atoms with van der Waals surface area (Å²) in [5.41, 5.74) is 0. The average Bonchev–Trinajstić information content (AvgIpc) is 1.70. The van der Waals surface area contributed by atoms with Gasteiger partial charge >= 0.3 is 16.8 Å². The van der Waals surface area contributed by atoms with Crippen molar-refractivity contribution in [3.05, 3.63) is 30.3 Å². The van der Waals surface area contributed by atoms with Crippen LogP contribution in [0.25, 0.3) is 0 Å². The predicted octanol–water partition coefficient (Wildman–Crippen LogP) is 0.749. The second kappa shape index (κ2) is 119. The third-order valence-electron chi connectivity index (χ3n) is 0. The largest absolute Gasteiger partial charge is 3.00 e. The van der Waals surface area contributed by atoms with Crippen molar-refractivity contribution < 1.29 is 16.8 Å². The molecule has 0 aromatic rings. The average molecular weight is 197 g/mol. The molecule has 9 nitrogen and oxygen atoms in total. The Hall–Kier alpha value is -1.29. The van der Waals surface area contributed by atoms with Crippen molar-refractivity contribution in [1.29, 1.82) is 0 Å². The van der Waals surface area contributed by atoms with Gasteiger partial charge in [0.2, 0.25) is 0 Å². The van der Waals surface area contributed by atoms with E-state index in [2.05, 4.69) is 0 Å². The van der Waals surface area contributed by atoms with E-state index in [9.17, 15) is 0 Å². The molecule has 0 aromatic heterocycles. The molecule has 10 heavy (non-hydrogen) atoms. The third kappa shape index (κ3) is 131. The molecule has 0 atom stereocenters. The van der Waals surface area contributed by atoms with E-state index < -0.39 is 0 Å². The van der Waals surface area contributed by atoms with Gasteiger partial charge < -0.3 is 30.3 Å². The molecule has 0 unspecified atom stereocenters. The van der Waals surface area contributed by atoms with Gasteiger partial charge in [0, 0.05) is 0 Å². The van der Waals surface area contributed by atoms with Gasteiger partial charge in [0.1, 0.15) is 0 Å². The molecule has 0 aliphatic heterocycles. The van der Waals surface area contributed by atoms with Crippen LogP contribution in [-0.2, 0) is 16.8 Å². The van der Waals surface area contributed by atoms with Crippen LogP contribution in [0, 0.1) is 30.3 Å². The van der Waals surface area contributed by atoms with Crippen molar-refractivity contribution >= 4 is 0 Å². The number of rotatable bonds is 0. The Balaban J connectivity index is -0.0000000257. The van der Waals surface area contributed by atoms with Gasteiger partial charge in [0.25, 0.3) is 0 Å². The second-order valence-electron chi connectivity index (χ2n) is 0.224. The minimum atomic E-state index is 0. The van der Waals surface area contributed by atoms with E-state index in [1.54, 1.807) is 0 Å². The maximum atomic E-state index is 8.00. The van der Waals surface area contributed by atoms with Crippen LogP contribution in [-0.4, -0.2) is 0 Å². The normalized spacial score (nSPS) is 3.60. The summed E-state index contributed by atoms with van der Waals surface area (Å²) in [5.74, 6) is 0. The fourth-order valence-electron chi connectivity index (χ4n) is 0. The molecular weight excluding hydrogens is 197 g/mol. The van der Waals surface area contributed by atoms with Crippen molar-refractivity contribution in [3.63, 3.8) is 0 Å². The first kappa shape index (κ1) is 23.3. The molecule has 0 saturated carbocycles. The molecule has 0 aliphatic carbocycles. The molecule has 0 heterocycles. The Labute approximate surface area is 64.0 Å². The molecule has 0 saturated heterocycles. The van der Waals surface area contributed by atoms with Crippen LogP contribution in [0.15, 0.2) is 16.0 Å². The number of hydrogen-bond donors (Lipinski definition) is 0. The van der Waals surface area contributed by atoms with Crippen LogP contribution < -0.4 is 0 Å². The Bertz CT molecular complexity index is 49.7. The molecule has 0 bridgehead atoms. The summed E-state index contributed by atoms with van der Waals surface area (Å²) in [6.45, 7) is 0. The fourth-order valence-corrected chi connectivity index (χ4v) is 0. The Morgan fingerprint density at radius 2 is 0.700 bits per heavy atom. The molecule has 0 aliphatic rings. The summed E-state index contributed by atoms with van der Waals surface area (Å²) < 4.78 is 0. The van der Waals surface area contributed by atoms with E-state index in [0.29, 0.717) is 0 Å². The summed E-state index contributed by atoms with van der Waals surface area (Å²) in [6.07, 6.45) is 0. The maximum Gasteiger partial charge on any atom is 3.00 e. The summed E-state index contributed by atoms with van der Waals surface area (Å²) in [7, 11) is 0. The quantitative estimate of drug-likeness (QED) is 0.411. The summed E-state index contributed by atoms with van der Waals surface area (Å²) >= 11 is 0. The molecule has 0 rings (SSSR count). The van der Waals surface area contributed by atoms with Gasteiger partial charge in [0.05, 0.1) is 0 Å². The number of nitrogens with zero attached hydrogens (tertiary/aromatic N) is 3. The van der Waals surface area contributed by atoms with Crippen LogP contribution in [0.3, 0.4) is 0 Å². The zero-order chi connectivity index (χ0) is 8.12. The van der Waals surface area contributed by atoms with E-state index in [4.69, 9.17) is 30.3 Å². The van der Waals surface area contributed by atoms with Crippen LogP contribution in [0.5, 0.6) is 0 Å². The molecule has 0 fully saturated rings. The van der Waals surface area contributed by atoms with Gasteiger partial charge in [0.15, 0.2) is 0 Å². The molecule has 60 valence electrons. The van der Waals surface area contributed by atoms with Crippen LogP contribution >= 0.6 is 0 Å². The van der Waals surface area contributed by atoms with Gasteiger partial charge in [-0.1, -0.05) is 0 Å². The van der Waals surface area contributed by atoms with E-state index in [0.717, 1.165) is 16.0 Å². The zero-order valence-electron chi connectivity index (χ0n) is 4.12. The topological polar surface area (TPSA) is 157 Å². The molecule has 0 radical (unpaired) electrons. The summed E-state index contributed by atoms with van der Waals surface area (Å²) in [5, 5.41) is 27.0. The van der Waals surface area contributed by atoms with Crippen molar-refractivity contribution in [2.45, 2.75) is 0 Å². The number of hydrogen-bond acceptors (Lipinski definition) is 9. The monoisotopic (exact) mass is 197 g/mol. The molecule has 10 heteroatoms. The van der Waals surface area contributed by atoms with Crippen molar-refractivity contribution in [2.75, 3.05) is 0 Å². The molecular formula is CoN3O6. The van der Waals surface area contributed by atoms with Gasteiger partial charge in [-0.15, -0.1) is 16.0 Å². The van der Waals surface area contributed by atoms with E-state index >= 15 is 0 Å². The summed E-state index contributed by atoms with van der Waals surface area (Å²) in [6, 6.07) is 0. The molecule has 0 amide bonds. The first-order chi connectivity index (χ1) is 4.24. The van der Waals surface area contributed by atoms with E-state index in [1.807, 2.05) is 0 Å². The smallest absolute Gasteiger partial charge is 0.444 e. The fraction of sp³-hybridized carbons (Fsp3) is 0. The zero-order valence-corrected chi connectivity index (χ0v) is 5.17. The minimum absolute atomic E-state index is 0. The SMILES string of the molecule is O=N[O-].O=N[O-].O=N[O-].[Co+3]. The van der Waals surface area contributed by atoms with Gasteiger partial charge in [-0.25, -0.2) is 0 Å². The molecule has 0 spiro atoms. The first-order valence-electron chi connectivity index (χ1n) is 1.10. The third-order valence-corrected chi connectivity index (χ3v) is 0. The van der Waals surface area contributed by atoms with Gasteiger partial charge in [-0.2, -0.15) is 0 Å². The van der Waals surface area contributed by atoms with Gasteiger partial charge in [-0.05, 0) is 0 Å². The second-order valence-corrected chi connectivity index (χ2v) is 0.224. The predicted molar refractivity (Wildman–Crippen MR) is 27.5 cm³/mol. The molecule has 0 N–H and O–H groups in total. The van der Waals surface area contributed by atoms with Crippen molar-refractivity contribution in [2.24, 2.45) is 16.0 Å². The van der Waals surface area contributed by atoms with E-state index in [1.165, 1.54) is 0 Å². The standard InChI is InChI=1S/Co.3HNO2/c;3*2-1-3/h;3*(H,2,3)/q+3;;;/p-3. The molecule has 0 aromatic carbocycles. The minimum Gasteiger partial charge on any atom is -0.444 e. The Morgan fingerprint density at radius 3 is 0.700 bits per heavy atom. The van der Waals surface area contributed by atoms with Crippen LogP contribution in [0.1, 0.15) is 0 Å². The van der Waals surface area contributed by atoms with Crippen molar-refractivity contribution in [1.82, 2.24) is 0 Å². The van der Waals surface area contributed by atoms with Crippen LogP contribution in [0.4, 0.5) is 0 Å². The Kier molecular flexibility index (Phi) is 278. The Morgan fingerprint density at radius 1 is 0.700 bits per heavy atom. The van der Waals surface area contributed by atoms with Crippen LogP contribution in [0.2, 0.25) is 0 Å². The van der Waals surface area contributed by atoms with Gasteiger partial charge in [-0.3, -0.25) is 0 Å². The first-order valence-corrected chi connectivity index (χ1v) is 1.10. The van der Waals surface area contributed by atoms with Crippen molar-refractivity contribution in [3.8, 4) is 0 Å². The van der Waals surface area contributed by atoms with E-state index in [-0.39, 0.29) is 16.8 Å².